The molecule has 1 aromatic carbocycles. The zero-order chi connectivity index (χ0) is 15.1. The van der Waals surface area contributed by atoms with E-state index < -0.39 is 0 Å². The van der Waals surface area contributed by atoms with E-state index in [0.29, 0.717) is 6.04 Å². The molecule has 1 N–H and O–H groups in total. The molecule has 0 radical (unpaired) electrons. The molecule has 0 saturated heterocycles. The molecule has 1 nitrogen and oxygen atoms in total. The van der Waals surface area contributed by atoms with Gasteiger partial charge in [0.15, 0.2) is 0 Å². The first-order valence-electron chi connectivity index (χ1n) is 9.01. The highest BCUT2D eigenvalue weighted by Crippen LogP contribution is 2.33. The van der Waals surface area contributed by atoms with Gasteiger partial charge >= 0.3 is 0 Å². The SMILES string of the molecule is CCCNC(Cc1cccc(C)c1)C1CCCC(CC)C1. The lowest BCUT2D eigenvalue weighted by atomic mass is 9.75. The number of rotatable bonds is 7. The monoisotopic (exact) mass is 287 g/mol. The molecule has 1 heteroatoms. The van der Waals surface area contributed by atoms with Crippen LogP contribution in [0.1, 0.15) is 63.5 Å². The summed E-state index contributed by atoms with van der Waals surface area (Å²) < 4.78 is 0. The predicted molar refractivity (Wildman–Crippen MR) is 92.7 cm³/mol. The van der Waals surface area contributed by atoms with Gasteiger partial charge in [-0.1, -0.05) is 62.9 Å². The molecule has 1 fully saturated rings. The minimum absolute atomic E-state index is 0.668. The highest BCUT2D eigenvalue weighted by Gasteiger charge is 2.27. The van der Waals surface area contributed by atoms with Gasteiger partial charge in [0, 0.05) is 6.04 Å². The van der Waals surface area contributed by atoms with Crippen LogP contribution in [0.3, 0.4) is 0 Å². The summed E-state index contributed by atoms with van der Waals surface area (Å²) in [5.74, 6) is 1.84. The third kappa shape index (κ3) is 5.14. The summed E-state index contributed by atoms with van der Waals surface area (Å²) >= 11 is 0. The Balaban J connectivity index is 2.02. The second-order valence-electron chi connectivity index (χ2n) is 6.95. The van der Waals surface area contributed by atoms with Gasteiger partial charge in [0.05, 0.1) is 0 Å². The van der Waals surface area contributed by atoms with Crippen LogP contribution in [0.5, 0.6) is 0 Å². The van der Waals surface area contributed by atoms with Crippen molar-refractivity contribution in [2.45, 2.75) is 71.8 Å². The molecule has 1 aromatic rings. The minimum atomic E-state index is 0.668. The lowest BCUT2D eigenvalue weighted by molar-refractivity contribution is 0.207. The quantitative estimate of drug-likeness (QED) is 0.733. The van der Waals surface area contributed by atoms with Crippen molar-refractivity contribution in [3.05, 3.63) is 35.4 Å². The molecule has 0 bridgehead atoms. The molecule has 1 aliphatic carbocycles. The van der Waals surface area contributed by atoms with Crippen LogP contribution in [-0.4, -0.2) is 12.6 Å². The van der Waals surface area contributed by atoms with Gasteiger partial charge < -0.3 is 5.32 Å². The van der Waals surface area contributed by atoms with E-state index in [0.717, 1.165) is 18.4 Å². The number of hydrogen-bond donors (Lipinski definition) is 1. The van der Waals surface area contributed by atoms with Crippen LogP contribution < -0.4 is 5.32 Å². The Kier molecular flexibility index (Phi) is 6.76. The van der Waals surface area contributed by atoms with Gasteiger partial charge in [0.2, 0.25) is 0 Å². The first-order chi connectivity index (χ1) is 10.2. The molecule has 118 valence electrons. The minimum Gasteiger partial charge on any atom is -0.313 e. The Bertz CT molecular complexity index is 412. The third-order valence-corrected chi connectivity index (χ3v) is 5.16. The van der Waals surface area contributed by atoms with Gasteiger partial charge in [0.1, 0.15) is 0 Å². The van der Waals surface area contributed by atoms with Crippen LogP contribution in [-0.2, 0) is 6.42 Å². The van der Waals surface area contributed by atoms with Crippen LogP contribution in [0.25, 0.3) is 0 Å². The molecule has 0 aliphatic heterocycles. The fourth-order valence-electron chi connectivity index (χ4n) is 3.90. The first-order valence-corrected chi connectivity index (χ1v) is 9.01. The molecular weight excluding hydrogens is 254 g/mol. The van der Waals surface area contributed by atoms with Gasteiger partial charge in [0.25, 0.3) is 0 Å². The summed E-state index contributed by atoms with van der Waals surface area (Å²) in [6, 6.07) is 9.73. The van der Waals surface area contributed by atoms with Crippen LogP contribution in [0, 0.1) is 18.8 Å². The smallest absolute Gasteiger partial charge is 0.0136 e. The lowest BCUT2D eigenvalue weighted by Crippen LogP contribution is -2.40. The predicted octanol–water partition coefficient (Wildman–Crippen LogP) is 5.12. The molecule has 0 heterocycles. The van der Waals surface area contributed by atoms with Gasteiger partial charge in [-0.2, -0.15) is 0 Å². The summed E-state index contributed by atoms with van der Waals surface area (Å²) in [7, 11) is 0. The zero-order valence-electron chi connectivity index (χ0n) is 14.2. The van der Waals surface area contributed by atoms with E-state index in [1.54, 1.807) is 0 Å². The van der Waals surface area contributed by atoms with Crippen LogP contribution in [0.15, 0.2) is 24.3 Å². The van der Waals surface area contributed by atoms with Gasteiger partial charge in [-0.25, -0.2) is 0 Å². The topological polar surface area (TPSA) is 12.0 Å². The highest BCUT2D eigenvalue weighted by atomic mass is 14.9. The van der Waals surface area contributed by atoms with E-state index in [2.05, 4.69) is 50.4 Å². The van der Waals surface area contributed by atoms with Crippen molar-refractivity contribution in [1.82, 2.24) is 5.32 Å². The maximum Gasteiger partial charge on any atom is 0.0136 e. The molecule has 0 amide bonds. The van der Waals surface area contributed by atoms with Gasteiger partial charge in [-0.3, -0.25) is 0 Å². The molecule has 3 unspecified atom stereocenters. The summed E-state index contributed by atoms with van der Waals surface area (Å²) in [4.78, 5) is 0. The molecule has 1 saturated carbocycles. The van der Waals surface area contributed by atoms with E-state index in [-0.39, 0.29) is 0 Å². The average molecular weight is 287 g/mol. The summed E-state index contributed by atoms with van der Waals surface area (Å²) in [5.41, 5.74) is 2.89. The third-order valence-electron chi connectivity index (χ3n) is 5.16. The number of benzene rings is 1. The number of nitrogens with one attached hydrogen (secondary N) is 1. The standard InChI is InChI=1S/C20H33N/c1-4-12-21-20(15-18-10-6-8-16(3)13-18)19-11-7-9-17(5-2)14-19/h6,8,10,13,17,19-21H,4-5,7,9,11-12,14-15H2,1-3H3. The van der Waals surface area contributed by atoms with Crippen molar-refractivity contribution >= 4 is 0 Å². The van der Waals surface area contributed by atoms with Crippen molar-refractivity contribution in [2.24, 2.45) is 11.8 Å². The van der Waals surface area contributed by atoms with Crippen molar-refractivity contribution in [1.29, 1.82) is 0 Å². The largest absolute Gasteiger partial charge is 0.313 e. The normalized spacial score (nSPS) is 24.0. The number of aryl methyl sites for hydroxylation is 1. The Hall–Kier alpha value is -0.820. The first kappa shape index (κ1) is 16.5. The Morgan fingerprint density at radius 2 is 2.10 bits per heavy atom. The van der Waals surface area contributed by atoms with Crippen LogP contribution >= 0.6 is 0 Å². The van der Waals surface area contributed by atoms with E-state index >= 15 is 0 Å². The molecule has 21 heavy (non-hydrogen) atoms. The van der Waals surface area contributed by atoms with E-state index in [1.165, 1.54) is 56.1 Å². The maximum absolute atomic E-state index is 3.85. The molecule has 0 aromatic heterocycles. The molecule has 1 aliphatic rings. The summed E-state index contributed by atoms with van der Waals surface area (Å²) in [5, 5.41) is 3.85. The van der Waals surface area contributed by atoms with Crippen LogP contribution in [0.2, 0.25) is 0 Å². The lowest BCUT2D eigenvalue weighted by Gasteiger charge is -2.35. The van der Waals surface area contributed by atoms with Gasteiger partial charge in [-0.05, 0) is 56.6 Å². The maximum atomic E-state index is 3.85. The number of hydrogen-bond acceptors (Lipinski definition) is 1. The van der Waals surface area contributed by atoms with Crippen molar-refractivity contribution < 1.29 is 0 Å². The van der Waals surface area contributed by atoms with E-state index in [1.807, 2.05) is 0 Å². The zero-order valence-corrected chi connectivity index (χ0v) is 14.2. The fraction of sp³-hybridized carbons (Fsp3) is 0.700. The van der Waals surface area contributed by atoms with Crippen molar-refractivity contribution in [3.8, 4) is 0 Å². The Morgan fingerprint density at radius 3 is 2.81 bits per heavy atom. The molecule has 3 atom stereocenters. The molecule has 2 rings (SSSR count). The Morgan fingerprint density at radius 1 is 1.24 bits per heavy atom. The van der Waals surface area contributed by atoms with E-state index in [9.17, 15) is 0 Å². The van der Waals surface area contributed by atoms with Crippen molar-refractivity contribution in [3.63, 3.8) is 0 Å². The van der Waals surface area contributed by atoms with E-state index in [4.69, 9.17) is 0 Å². The van der Waals surface area contributed by atoms with Crippen LogP contribution in [0.4, 0.5) is 0 Å². The second-order valence-corrected chi connectivity index (χ2v) is 6.95. The molecule has 0 spiro atoms. The highest BCUT2D eigenvalue weighted by molar-refractivity contribution is 5.23. The summed E-state index contributed by atoms with van der Waals surface area (Å²) in [6.07, 6.45) is 9.53. The van der Waals surface area contributed by atoms with Gasteiger partial charge in [-0.15, -0.1) is 0 Å². The van der Waals surface area contributed by atoms with Crippen molar-refractivity contribution in [2.75, 3.05) is 6.54 Å². The average Bonchev–Trinajstić information content (AvgIpc) is 2.51. The second kappa shape index (κ2) is 8.58. The Labute approximate surface area is 131 Å². The summed E-state index contributed by atoms with van der Waals surface area (Å²) in [6.45, 7) is 7.99. The molecular formula is C20H33N. The fourth-order valence-corrected chi connectivity index (χ4v) is 3.90.